The van der Waals surface area contributed by atoms with Gasteiger partial charge in [0.05, 0.1) is 11.8 Å². The van der Waals surface area contributed by atoms with Crippen LogP contribution in [0.2, 0.25) is 0 Å². The number of hydrogen-bond acceptors (Lipinski definition) is 3. The summed E-state index contributed by atoms with van der Waals surface area (Å²) in [5.74, 6) is -0.0657. The van der Waals surface area contributed by atoms with E-state index in [1.165, 1.54) is 0 Å². The molecule has 1 aliphatic heterocycles. The maximum atomic E-state index is 12.5. The van der Waals surface area contributed by atoms with Gasteiger partial charge in [0.1, 0.15) is 0 Å². The van der Waals surface area contributed by atoms with Crippen molar-refractivity contribution in [2.24, 2.45) is 0 Å². The highest BCUT2D eigenvalue weighted by molar-refractivity contribution is 5.92. The van der Waals surface area contributed by atoms with Crippen LogP contribution in [-0.4, -0.2) is 44.4 Å². The number of carbonyl (C=O) groups excluding carboxylic acids is 1. The minimum Gasteiger partial charge on any atom is -0.393 e. The summed E-state index contributed by atoms with van der Waals surface area (Å²) in [5.41, 5.74) is 1.38. The fourth-order valence-electron chi connectivity index (χ4n) is 2.76. The van der Waals surface area contributed by atoms with Gasteiger partial charge in [0.15, 0.2) is 5.69 Å². The van der Waals surface area contributed by atoms with E-state index in [0.29, 0.717) is 25.1 Å². The van der Waals surface area contributed by atoms with Crippen LogP contribution in [0, 0.1) is 0 Å². The molecule has 1 aliphatic rings. The van der Waals surface area contributed by atoms with Crippen LogP contribution in [0.15, 0.2) is 42.6 Å². The van der Waals surface area contributed by atoms with Crippen molar-refractivity contribution in [2.45, 2.75) is 31.9 Å². The van der Waals surface area contributed by atoms with Crippen LogP contribution in [0.5, 0.6) is 0 Å². The summed E-state index contributed by atoms with van der Waals surface area (Å²) in [6.45, 7) is 2.55. The molecule has 0 unspecified atom stereocenters. The van der Waals surface area contributed by atoms with Gasteiger partial charge in [0.2, 0.25) is 0 Å². The molecule has 1 saturated heterocycles. The smallest absolute Gasteiger partial charge is 0.274 e. The molecule has 0 saturated carbocycles. The summed E-state index contributed by atoms with van der Waals surface area (Å²) in [7, 11) is 0. The van der Waals surface area contributed by atoms with Gasteiger partial charge >= 0.3 is 0 Å². The van der Waals surface area contributed by atoms with Gasteiger partial charge in [-0.1, -0.05) is 18.2 Å². The summed E-state index contributed by atoms with van der Waals surface area (Å²) < 4.78 is 1.71. The lowest BCUT2D eigenvalue weighted by atomic mass is 10.0. The lowest BCUT2D eigenvalue weighted by molar-refractivity contribution is 0.0360. The number of para-hydroxylation sites is 1. The second kappa shape index (κ2) is 5.69. The Balaban J connectivity index is 1.78. The molecule has 5 heteroatoms. The Kier molecular flexibility index (Phi) is 3.75. The molecule has 21 heavy (non-hydrogen) atoms. The van der Waals surface area contributed by atoms with E-state index in [2.05, 4.69) is 5.10 Å². The summed E-state index contributed by atoms with van der Waals surface area (Å²) in [6.07, 6.45) is 2.76. The molecule has 1 N–H and O–H groups in total. The van der Waals surface area contributed by atoms with Crippen molar-refractivity contribution in [1.29, 1.82) is 0 Å². The molecule has 3 rings (SSSR count). The van der Waals surface area contributed by atoms with Crippen molar-refractivity contribution in [2.75, 3.05) is 6.54 Å². The first-order chi connectivity index (χ1) is 10.1. The normalized spacial score (nSPS) is 22.3. The third-order valence-electron chi connectivity index (χ3n) is 3.94. The number of rotatable bonds is 2. The zero-order valence-corrected chi connectivity index (χ0v) is 12.0. The maximum Gasteiger partial charge on any atom is 0.274 e. The highest BCUT2D eigenvalue weighted by Crippen LogP contribution is 2.19. The van der Waals surface area contributed by atoms with Gasteiger partial charge in [-0.15, -0.1) is 0 Å². The number of aliphatic hydroxyl groups excluding tert-OH is 1. The van der Waals surface area contributed by atoms with Crippen LogP contribution in [0.1, 0.15) is 30.3 Å². The number of likely N-dealkylation sites (tertiary alicyclic amines) is 1. The van der Waals surface area contributed by atoms with Gasteiger partial charge in [-0.25, -0.2) is 4.68 Å². The van der Waals surface area contributed by atoms with E-state index in [1.807, 2.05) is 37.3 Å². The lowest BCUT2D eigenvalue weighted by Crippen LogP contribution is -2.46. The van der Waals surface area contributed by atoms with Crippen molar-refractivity contribution >= 4 is 5.91 Å². The first-order valence-corrected chi connectivity index (χ1v) is 7.25. The summed E-state index contributed by atoms with van der Waals surface area (Å²) in [6, 6.07) is 11.5. The van der Waals surface area contributed by atoms with Crippen molar-refractivity contribution in [1.82, 2.24) is 14.7 Å². The van der Waals surface area contributed by atoms with E-state index >= 15 is 0 Å². The third kappa shape index (κ3) is 2.83. The Hall–Kier alpha value is -2.14. The zero-order chi connectivity index (χ0) is 14.8. The Bertz CT molecular complexity index is 623. The van der Waals surface area contributed by atoms with E-state index in [1.54, 1.807) is 21.8 Å². The molecule has 2 aromatic rings. The number of nitrogens with zero attached hydrogens (tertiary/aromatic N) is 3. The highest BCUT2D eigenvalue weighted by atomic mass is 16.3. The van der Waals surface area contributed by atoms with Crippen LogP contribution in [0.25, 0.3) is 5.69 Å². The molecule has 0 radical (unpaired) electrons. The average Bonchev–Trinajstić information content (AvgIpc) is 2.97. The number of aliphatic hydroxyl groups is 1. The molecule has 1 aromatic carbocycles. The number of benzene rings is 1. The van der Waals surface area contributed by atoms with Crippen molar-refractivity contribution in [3.8, 4) is 5.69 Å². The number of hydrogen-bond donors (Lipinski definition) is 1. The van der Waals surface area contributed by atoms with Crippen LogP contribution >= 0.6 is 0 Å². The maximum absolute atomic E-state index is 12.5. The standard InChI is InChI=1S/C16H19N3O2/c1-12-11-14(20)7-9-18(12)16(21)15-8-10-19(17-15)13-5-3-2-4-6-13/h2-6,8,10,12,14,20H,7,9,11H2,1H3/t12-,14+/m1/s1. The first-order valence-electron chi connectivity index (χ1n) is 7.25. The third-order valence-corrected chi connectivity index (χ3v) is 3.94. The van der Waals surface area contributed by atoms with Gasteiger partial charge in [0, 0.05) is 18.8 Å². The number of carbonyl (C=O) groups is 1. The Morgan fingerprint density at radius 2 is 2.05 bits per heavy atom. The van der Waals surface area contributed by atoms with Crippen LogP contribution in [0.3, 0.4) is 0 Å². The fraction of sp³-hybridized carbons (Fsp3) is 0.375. The Morgan fingerprint density at radius 1 is 1.29 bits per heavy atom. The Morgan fingerprint density at radius 3 is 2.76 bits per heavy atom. The quantitative estimate of drug-likeness (QED) is 0.916. The monoisotopic (exact) mass is 285 g/mol. The SMILES string of the molecule is C[C@@H]1C[C@@H](O)CCN1C(=O)c1ccn(-c2ccccc2)n1. The van der Waals surface area contributed by atoms with E-state index < -0.39 is 0 Å². The molecule has 1 fully saturated rings. The predicted octanol–water partition coefficient (Wildman–Crippen LogP) is 1.86. The van der Waals surface area contributed by atoms with Crippen LogP contribution in [0.4, 0.5) is 0 Å². The molecule has 2 heterocycles. The number of amides is 1. The molecule has 5 nitrogen and oxygen atoms in total. The van der Waals surface area contributed by atoms with Gasteiger partial charge in [-0.3, -0.25) is 4.79 Å². The Labute approximate surface area is 123 Å². The van der Waals surface area contributed by atoms with E-state index in [-0.39, 0.29) is 18.1 Å². The zero-order valence-electron chi connectivity index (χ0n) is 12.0. The van der Waals surface area contributed by atoms with Gasteiger partial charge in [-0.2, -0.15) is 5.10 Å². The molecule has 0 spiro atoms. The predicted molar refractivity (Wildman–Crippen MR) is 79.3 cm³/mol. The number of aromatic nitrogens is 2. The van der Waals surface area contributed by atoms with Crippen molar-refractivity contribution in [3.63, 3.8) is 0 Å². The molecule has 0 bridgehead atoms. The second-order valence-electron chi connectivity index (χ2n) is 5.51. The lowest BCUT2D eigenvalue weighted by Gasteiger charge is -2.35. The topological polar surface area (TPSA) is 58.4 Å². The number of piperidine rings is 1. The van der Waals surface area contributed by atoms with Crippen molar-refractivity contribution < 1.29 is 9.90 Å². The minimum atomic E-state index is -0.300. The van der Waals surface area contributed by atoms with Gasteiger partial charge in [-0.05, 0) is 38.0 Å². The minimum absolute atomic E-state index is 0.0446. The summed E-state index contributed by atoms with van der Waals surface area (Å²) in [4.78, 5) is 14.3. The van der Waals surface area contributed by atoms with E-state index in [4.69, 9.17) is 0 Å². The van der Waals surface area contributed by atoms with E-state index in [9.17, 15) is 9.90 Å². The van der Waals surface area contributed by atoms with E-state index in [0.717, 1.165) is 5.69 Å². The second-order valence-corrected chi connectivity index (χ2v) is 5.51. The highest BCUT2D eigenvalue weighted by Gasteiger charge is 2.29. The van der Waals surface area contributed by atoms with Crippen LogP contribution < -0.4 is 0 Å². The molecular formula is C16H19N3O2. The van der Waals surface area contributed by atoms with Crippen molar-refractivity contribution in [3.05, 3.63) is 48.3 Å². The first kappa shape index (κ1) is 13.8. The summed E-state index contributed by atoms with van der Waals surface area (Å²) in [5, 5.41) is 14.0. The average molecular weight is 285 g/mol. The molecule has 0 aliphatic carbocycles. The van der Waals surface area contributed by atoms with Gasteiger partial charge < -0.3 is 10.0 Å². The van der Waals surface area contributed by atoms with Gasteiger partial charge in [0.25, 0.3) is 5.91 Å². The molecule has 110 valence electrons. The van der Waals surface area contributed by atoms with Crippen LogP contribution in [-0.2, 0) is 0 Å². The molecule has 1 aromatic heterocycles. The fourth-order valence-corrected chi connectivity index (χ4v) is 2.76. The molecule has 1 amide bonds. The molecule has 2 atom stereocenters. The largest absolute Gasteiger partial charge is 0.393 e. The molecular weight excluding hydrogens is 266 g/mol. The summed E-state index contributed by atoms with van der Waals surface area (Å²) >= 11 is 0.